The number of fused-ring (bicyclic) bond motifs is 2. The Labute approximate surface area is 123 Å². The van der Waals surface area contributed by atoms with Crippen LogP contribution in [-0.4, -0.2) is 19.4 Å². The molecule has 1 aromatic carbocycles. The average molecular weight is 310 g/mol. The Kier molecular flexibility index (Phi) is 3.71. The number of nitrogens with one attached hydrogen (secondary N) is 1. The minimum Gasteiger partial charge on any atom is -0.258 e. The number of rotatable bonds is 5. The first-order chi connectivity index (χ1) is 9.93. The summed E-state index contributed by atoms with van der Waals surface area (Å²) in [5.74, 6) is 0.929. The van der Waals surface area contributed by atoms with Crippen LogP contribution in [0.25, 0.3) is 0 Å². The van der Waals surface area contributed by atoms with E-state index in [0.29, 0.717) is 17.4 Å². The summed E-state index contributed by atoms with van der Waals surface area (Å²) in [5, 5.41) is 10.7. The SMILES string of the molecule is O=[N+]([O-])c1cccc(CS(=O)(=O)N[C@H]2C[C@H]3CC[C@@H]2C3)c1. The number of hydrogen-bond donors (Lipinski definition) is 1. The van der Waals surface area contributed by atoms with Crippen LogP contribution in [0, 0.1) is 22.0 Å². The van der Waals surface area contributed by atoms with Crippen molar-refractivity contribution < 1.29 is 13.3 Å². The molecule has 3 rings (SSSR count). The van der Waals surface area contributed by atoms with Crippen molar-refractivity contribution in [2.24, 2.45) is 11.8 Å². The lowest BCUT2D eigenvalue weighted by Crippen LogP contribution is -2.39. The maximum Gasteiger partial charge on any atom is 0.269 e. The Hall–Kier alpha value is -1.47. The number of nitro benzene ring substituents is 1. The van der Waals surface area contributed by atoms with E-state index in [1.54, 1.807) is 6.07 Å². The van der Waals surface area contributed by atoms with E-state index in [1.165, 1.54) is 24.6 Å². The molecule has 2 bridgehead atoms. The van der Waals surface area contributed by atoms with Crippen molar-refractivity contribution in [1.29, 1.82) is 0 Å². The molecule has 0 radical (unpaired) electrons. The largest absolute Gasteiger partial charge is 0.269 e. The fourth-order valence-electron chi connectivity index (χ4n) is 3.64. The summed E-state index contributed by atoms with van der Waals surface area (Å²) in [7, 11) is -3.46. The normalized spacial score (nSPS) is 27.9. The van der Waals surface area contributed by atoms with Gasteiger partial charge < -0.3 is 0 Å². The Morgan fingerprint density at radius 2 is 2.10 bits per heavy atom. The topological polar surface area (TPSA) is 89.3 Å². The number of non-ortho nitro benzene ring substituents is 1. The summed E-state index contributed by atoms with van der Waals surface area (Å²) < 4.78 is 27.3. The molecule has 2 aliphatic carbocycles. The van der Waals surface area contributed by atoms with Gasteiger partial charge >= 0.3 is 0 Å². The van der Waals surface area contributed by atoms with Crippen LogP contribution in [0.3, 0.4) is 0 Å². The van der Waals surface area contributed by atoms with Gasteiger partial charge in [0.1, 0.15) is 0 Å². The zero-order chi connectivity index (χ0) is 15.0. The van der Waals surface area contributed by atoms with E-state index in [2.05, 4.69) is 4.72 Å². The van der Waals surface area contributed by atoms with Gasteiger partial charge in [0.2, 0.25) is 10.0 Å². The van der Waals surface area contributed by atoms with Gasteiger partial charge in [0.25, 0.3) is 5.69 Å². The molecule has 3 atom stereocenters. The molecule has 2 aliphatic rings. The lowest BCUT2D eigenvalue weighted by atomic mass is 9.96. The number of nitro groups is 1. The van der Waals surface area contributed by atoms with Crippen LogP contribution in [0.2, 0.25) is 0 Å². The molecule has 7 heteroatoms. The van der Waals surface area contributed by atoms with Gasteiger partial charge in [-0.05, 0) is 36.7 Å². The van der Waals surface area contributed by atoms with Crippen LogP contribution in [0.5, 0.6) is 0 Å². The summed E-state index contributed by atoms with van der Waals surface area (Å²) in [6, 6.07) is 5.85. The predicted molar refractivity (Wildman–Crippen MR) is 78.1 cm³/mol. The van der Waals surface area contributed by atoms with E-state index in [4.69, 9.17) is 0 Å². The molecule has 0 saturated heterocycles. The second-order valence-corrected chi connectivity index (χ2v) is 7.84. The van der Waals surface area contributed by atoms with E-state index in [0.717, 1.165) is 19.3 Å². The zero-order valence-corrected chi connectivity index (χ0v) is 12.4. The fraction of sp³-hybridized carbons (Fsp3) is 0.571. The van der Waals surface area contributed by atoms with Crippen molar-refractivity contribution in [3.05, 3.63) is 39.9 Å². The second kappa shape index (κ2) is 5.38. The van der Waals surface area contributed by atoms with E-state index in [9.17, 15) is 18.5 Å². The highest BCUT2D eigenvalue weighted by atomic mass is 32.2. The van der Waals surface area contributed by atoms with E-state index >= 15 is 0 Å². The van der Waals surface area contributed by atoms with Crippen LogP contribution < -0.4 is 4.72 Å². The Balaban J connectivity index is 1.68. The standard InChI is InChI=1S/C14H18N2O4S/c17-16(18)13-3-1-2-11(7-13)9-21(19,20)15-14-8-10-4-5-12(14)6-10/h1-3,7,10,12,14-15H,4-6,8-9H2/t10-,12+,14-/m0/s1. The van der Waals surface area contributed by atoms with Crippen molar-refractivity contribution in [3.63, 3.8) is 0 Å². The average Bonchev–Trinajstić information content (AvgIpc) is 3.00. The number of nitrogens with zero attached hydrogens (tertiary/aromatic N) is 1. The Bertz CT molecular complexity index is 659. The van der Waals surface area contributed by atoms with Gasteiger partial charge in [0.15, 0.2) is 0 Å². The van der Waals surface area contributed by atoms with Crippen LogP contribution in [0.15, 0.2) is 24.3 Å². The molecule has 0 heterocycles. The molecule has 1 aromatic rings. The highest BCUT2D eigenvalue weighted by Crippen LogP contribution is 2.44. The molecule has 21 heavy (non-hydrogen) atoms. The summed E-state index contributed by atoms with van der Waals surface area (Å²) in [6.45, 7) is 0. The van der Waals surface area contributed by atoms with Gasteiger partial charge in [-0.2, -0.15) is 0 Å². The van der Waals surface area contributed by atoms with Gasteiger partial charge in [-0.3, -0.25) is 10.1 Å². The summed E-state index contributed by atoms with van der Waals surface area (Å²) in [6.07, 6.45) is 4.38. The highest BCUT2D eigenvalue weighted by molar-refractivity contribution is 7.88. The molecule has 0 aromatic heterocycles. The Morgan fingerprint density at radius 1 is 1.29 bits per heavy atom. The van der Waals surface area contributed by atoms with E-state index < -0.39 is 14.9 Å². The van der Waals surface area contributed by atoms with Gasteiger partial charge in [-0.25, -0.2) is 13.1 Å². The summed E-state index contributed by atoms with van der Waals surface area (Å²) in [4.78, 5) is 10.2. The second-order valence-electron chi connectivity index (χ2n) is 6.09. The number of benzene rings is 1. The highest BCUT2D eigenvalue weighted by Gasteiger charge is 2.41. The van der Waals surface area contributed by atoms with Crippen molar-refractivity contribution >= 4 is 15.7 Å². The molecule has 0 amide bonds. The van der Waals surface area contributed by atoms with Crippen LogP contribution in [-0.2, 0) is 15.8 Å². The maximum atomic E-state index is 12.2. The van der Waals surface area contributed by atoms with Crippen molar-refractivity contribution in [1.82, 2.24) is 4.72 Å². The van der Waals surface area contributed by atoms with E-state index in [-0.39, 0.29) is 17.5 Å². The smallest absolute Gasteiger partial charge is 0.258 e. The third kappa shape index (κ3) is 3.24. The maximum absolute atomic E-state index is 12.2. The molecular formula is C14H18N2O4S. The van der Waals surface area contributed by atoms with Gasteiger partial charge in [-0.15, -0.1) is 0 Å². The fourth-order valence-corrected chi connectivity index (χ4v) is 5.09. The number of sulfonamides is 1. The molecule has 2 fully saturated rings. The molecule has 2 saturated carbocycles. The lowest BCUT2D eigenvalue weighted by Gasteiger charge is -2.22. The molecule has 6 nitrogen and oxygen atoms in total. The van der Waals surface area contributed by atoms with Gasteiger partial charge in [-0.1, -0.05) is 18.6 Å². The Morgan fingerprint density at radius 3 is 2.71 bits per heavy atom. The third-order valence-corrected chi connectivity index (χ3v) is 5.92. The third-order valence-electron chi connectivity index (χ3n) is 4.55. The minimum atomic E-state index is -3.46. The quantitative estimate of drug-likeness (QED) is 0.667. The van der Waals surface area contributed by atoms with E-state index in [1.807, 2.05) is 0 Å². The first-order valence-electron chi connectivity index (χ1n) is 7.16. The first kappa shape index (κ1) is 14.5. The molecule has 0 spiro atoms. The molecular weight excluding hydrogens is 292 g/mol. The first-order valence-corrected chi connectivity index (χ1v) is 8.81. The van der Waals surface area contributed by atoms with Crippen molar-refractivity contribution in [2.45, 2.75) is 37.5 Å². The molecule has 114 valence electrons. The van der Waals surface area contributed by atoms with Crippen molar-refractivity contribution in [2.75, 3.05) is 0 Å². The summed E-state index contributed by atoms with van der Waals surface area (Å²) >= 11 is 0. The lowest BCUT2D eigenvalue weighted by molar-refractivity contribution is -0.384. The summed E-state index contributed by atoms with van der Waals surface area (Å²) in [5.41, 5.74) is 0.363. The predicted octanol–water partition coefficient (Wildman–Crippen LogP) is 2.20. The van der Waals surface area contributed by atoms with Crippen LogP contribution in [0.1, 0.15) is 31.2 Å². The number of hydrogen-bond acceptors (Lipinski definition) is 4. The minimum absolute atomic E-state index is 0.0486. The molecule has 1 N–H and O–H groups in total. The van der Waals surface area contributed by atoms with Gasteiger partial charge in [0.05, 0.1) is 10.7 Å². The molecule has 0 unspecified atom stereocenters. The monoisotopic (exact) mass is 310 g/mol. The van der Waals surface area contributed by atoms with Crippen molar-refractivity contribution in [3.8, 4) is 0 Å². The molecule has 0 aliphatic heterocycles. The zero-order valence-electron chi connectivity index (χ0n) is 11.6. The van der Waals surface area contributed by atoms with Gasteiger partial charge in [0, 0.05) is 18.2 Å². The van der Waals surface area contributed by atoms with Crippen LogP contribution >= 0.6 is 0 Å². The van der Waals surface area contributed by atoms with Crippen LogP contribution in [0.4, 0.5) is 5.69 Å².